The molecule has 0 fully saturated rings. The predicted molar refractivity (Wildman–Crippen MR) is 138 cm³/mol. The maximum Gasteiger partial charge on any atom is 0.338 e. The van der Waals surface area contributed by atoms with Crippen LogP contribution in [0.2, 0.25) is 0 Å². The van der Waals surface area contributed by atoms with E-state index in [-0.39, 0.29) is 11.7 Å². The number of hydrogen-bond acceptors (Lipinski definition) is 7. The second kappa shape index (κ2) is 13.3. The van der Waals surface area contributed by atoms with Crippen molar-refractivity contribution in [2.75, 3.05) is 24.3 Å². The van der Waals surface area contributed by atoms with Gasteiger partial charge in [0.25, 0.3) is 0 Å². The van der Waals surface area contributed by atoms with Crippen molar-refractivity contribution < 1.29 is 19.1 Å². The van der Waals surface area contributed by atoms with E-state index in [4.69, 9.17) is 9.47 Å². The van der Waals surface area contributed by atoms with E-state index in [1.165, 1.54) is 11.8 Å². The van der Waals surface area contributed by atoms with Gasteiger partial charge in [-0.15, -0.1) is 16.8 Å². The lowest BCUT2D eigenvalue weighted by atomic mass is 10.2. The minimum atomic E-state index is -0.392. The van der Waals surface area contributed by atoms with E-state index in [1.54, 1.807) is 37.3 Å². The SMILES string of the molecule is C=CCn1c(SCC(=O)Nc2ccc(C(=O)OCC)cc2)nnc1-c1ccc(OCCCC)cc1. The van der Waals surface area contributed by atoms with Crippen molar-refractivity contribution in [1.29, 1.82) is 0 Å². The summed E-state index contributed by atoms with van der Waals surface area (Å²) in [4.78, 5) is 24.2. The van der Waals surface area contributed by atoms with Gasteiger partial charge in [-0.1, -0.05) is 31.2 Å². The van der Waals surface area contributed by atoms with E-state index in [0.29, 0.717) is 42.0 Å². The van der Waals surface area contributed by atoms with Crippen LogP contribution < -0.4 is 10.1 Å². The molecule has 1 aromatic heterocycles. The number of anilines is 1. The molecule has 0 radical (unpaired) electrons. The van der Waals surface area contributed by atoms with Gasteiger partial charge in [-0.2, -0.15) is 0 Å². The van der Waals surface area contributed by atoms with Crippen molar-refractivity contribution in [1.82, 2.24) is 14.8 Å². The summed E-state index contributed by atoms with van der Waals surface area (Å²) in [5.41, 5.74) is 1.93. The third kappa shape index (κ3) is 7.45. The summed E-state index contributed by atoms with van der Waals surface area (Å²) >= 11 is 1.29. The molecule has 35 heavy (non-hydrogen) atoms. The molecule has 184 valence electrons. The number of carbonyl (C=O) groups is 2. The summed E-state index contributed by atoms with van der Waals surface area (Å²) in [5.74, 6) is 1.08. The van der Waals surface area contributed by atoms with Gasteiger partial charge in [0.15, 0.2) is 11.0 Å². The normalized spacial score (nSPS) is 10.6. The molecule has 0 atom stereocenters. The largest absolute Gasteiger partial charge is 0.494 e. The number of benzene rings is 2. The molecule has 0 spiro atoms. The predicted octanol–water partition coefficient (Wildman–Crippen LogP) is 5.22. The second-order valence-corrected chi connectivity index (χ2v) is 8.51. The lowest BCUT2D eigenvalue weighted by molar-refractivity contribution is -0.113. The Morgan fingerprint density at radius 2 is 1.83 bits per heavy atom. The van der Waals surface area contributed by atoms with Gasteiger partial charge in [0.05, 0.1) is 24.5 Å². The Morgan fingerprint density at radius 1 is 1.09 bits per heavy atom. The maximum absolute atomic E-state index is 12.5. The number of carbonyl (C=O) groups excluding carboxylic acids is 2. The van der Waals surface area contributed by atoms with E-state index in [1.807, 2.05) is 28.8 Å². The molecular formula is C26H30N4O4S. The highest BCUT2D eigenvalue weighted by Gasteiger charge is 2.15. The number of amides is 1. The minimum Gasteiger partial charge on any atom is -0.494 e. The molecule has 3 rings (SSSR count). The Hall–Kier alpha value is -3.59. The van der Waals surface area contributed by atoms with E-state index >= 15 is 0 Å². The minimum absolute atomic E-state index is 0.152. The van der Waals surface area contributed by atoms with Gasteiger partial charge in [-0.3, -0.25) is 9.36 Å². The molecule has 3 aromatic rings. The molecule has 0 aliphatic heterocycles. The first-order valence-electron chi connectivity index (χ1n) is 11.5. The Morgan fingerprint density at radius 3 is 2.49 bits per heavy atom. The molecule has 0 bridgehead atoms. The average molecular weight is 495 g/mol. The number of allylic oxidation sites excluding steroid dienone is 1. The fraction of sp³-hybridized carbons (Fsp3) is 0.308. The molecule has 0 saturated carbocycles. The zero-order valence-corrected chi connectivity index (χ0v) is 20.8. The number of thioether (sulfide) groups is 1. The molecule has 1 amide bonds. The number of ether oxygens (including phenoxy) is 2. The molecule has 8 nitrogen and oxygen atoms in total. The summed E-state index contributed by atoms with van der Waals surface area (Å²) in [6.07, 6.45) is 3.87. The number of hydrogen-bond donors (Lipinski definition) is 1. The number of aromatic nitrogens is 3. The van der Waals surface area contributed by atoms with E-state index < -0.39 is 5.97 Å². The number of nitrogens with zero attached hydrogens (tertiary/aromatic N) is 3. The highest BCUT2D eigenvalue weighted by Crippen LogP contribution is 2.26. The Balaban J connectivity index is 1.61. The molecule has 0 saturated heterocycles. The maximum atomic E-state index is 12.5. The van der Waals surface area contributed by atoms with Gasteiger partial charge in [0.2, 0.25) is 5.91 Å². The quantitative estimate of drug-likeness (QED) is 0.151. The molecule has 0 aliphatic rings. The van der Waals surface area contributed by atoms with E-state index in [2.05, 4.69) is 29.0 Å². The van der Waals surface area contributed by atoms with Gasteiger partial charge < -0.3 is 14.8 Å². The number of rotatable bonds is 13. The van der Waals surface area contributed by atoms with Gasteiger partial charge in [-0.25, -0.2) is 4.79 Å². The third-order valence-corrected chi connectivity index (χ3v) is 5.89. The topological polar surface area (TPSA) is 95.3 Å². The fourth-order valence-corrected chi connectivity index (χ4v) is 3.92. The van der Waals surface area contributed by atoms with Crippen molar-refractivity contribution in [2.24, 2.45) is 0 Å². The Kier molecular flexibility index (Phi) is 9.92. The number of nitrogens with one attached hydrogen (secondary N) is 1. The zero-order chi connectivity index (χ0) is 25.0. The Labute approximate surface area is 209 Å². The Bertz CT molecular complexity index is 1130. The lowest BCUT2D eigenvalue weighted by Gasteiger charge is -2.09. The monoisotopic (exact) mass is 494 g/mol. The van der Waals surface area contributed by atoms with Gasteiger partial charge >= 0.3 is 5.97 Å². The van der Waals surface area contributed by atoms with Crippen molar-refractivity contribution in [2.45, 2.75) is 38.4 Å². The highest BCUT2D eigenvalue weighted by atomic mass is 32.2. The van der Waals surface area contributed by atoms with Crippen molar-refractivity contribution in [3.8, 4) is 17.1 Å². The second-order valence-electron chi connectivity index (χ2n) is 7.57. The smallest absolute Gasteiger partial charge is 0.338 e. The highest BCUT2D eigenvalue weighted by molar-refractivity contribution is 7.99. The zero-order valence-electron chi connectivity index (χ0n) is 20.0. The van der Waals surface area contributed by atoms with E-state index in [0.717, 1.165) is 24.2 Å². The van der Waals surface area contributed by atoms with E-state index in [9.17, 15) is 9.59 Å². The van der Waals surface area contributed by atoms with Gasteiger partial charge in [-0.05, 0) is 61.9 Å². The van der Waals surface area contributed by atoms with Crippen LogP contribution in [0.15, 0.2) is 66.3 Å². The summed E-state index contributed by atoms with van der Waals surface area (Å²) in [6.45, 7) is 9.23. The summed E-state index contributed by atoms with van der Waals surface area (Å²) in [5, 5.41) is 12.1. The molecule has 0 unspecified atom stereocenters. The molecule has 0 aliphatic carbocycles. The molecular weight excluding hydrogens is 464 g/mol. The molecule has 2 aromatic carbocycles. The van der Waals surface area contributed by atoms with Crippen LogP contribution in [0.1, 0.15) is 37.0 Å². The number of unbranched alkanes of at least 4 members (excludes halogenated alkanes) is 1. The van der Waals surface area contributed by atoms with Crippen LogP contribution in [0.3, 0.4) is 0 Å². The lowest BCUT2D eigenvalue weighted by Crippen LogP contribution is -2.15. The summed E-state index contributed by atoms with van der Waals surface area (Å²) < 4.78 is 12.6. The van der Waals surface area contributed by atoms with Gasteiger partial charge in [0.1, 0.15) is 5.75 Å². The van der Waals surface area contributed by atoms with Crippen LogP contribution in [-0.2, 0) is 16.1 Å². The molecule has 1 heterocycles. The standard InChI is InChI=1S/C26H30N4O4S/c1-4-7-17-34-22-14-10-19(11-15-22)24-28-29-26(30(24)16-5-2)35-18-23(31)27-21-12-8-20(9-13-21)25(32)33-6-3/h5,8-15H,2,4,6-7,16-18H2,1,3H3,(H,27,31). The third-order valence-electron chi connectivity index (χ3n) is 4.92. The van der Waals surface area contributed by atoms with Crippen LogP contribution in [0.4, 0.5) is 5.69 Å². The van der Waals surface area contributed by atoms with Crippen molar-refractivity contribution in [3.05, 3.63) is 66.7 Å². The molecule has 9 heteroatoms. The first-order valence-corrected chi connectivity index (χ1v) is 12.5. The summed E-state index contributed by atoms with van der Waals surface area (Å²) in [6, 6.07) is 14.3. The van der Waals surface area contributed by atoms with Gasteiger partial charge in [0, 0.05) is 17.8 Å². The first-order chi connectivity index (χ1) is 17.0. The van der Waals surface area contributed by atoms with Crippen LogP contribution in [0, 0.1) is 0 Å². The summed E-state index contributed by atoms with van der Waals surface area (Å²) in [7, 11) is 0. The van der Waals surface area contributed by atoms with Crippen molar-refractivity contribution in [3.63, 3.8) is 0 Å². The van der Waals surface area contributed by atoms with Crippen LogP contribution in [0.5, 0.6) is 5.75 Å². The molecule has 1 N–H and O–H groups in total. The van der Waals surface area contributed by atoms with Crippen LogP contribution >= 0.6 is 11.8 Å². The van der Waals surface area contributed by atoms with Crippen LogP contribution in [-0.4, -0.2) is 45.6 Å². The number of esters is 1. The average Bonchev–Trinajstić information content (AvgIpc) is 3.26. The van der Waals surface area contributed by atoms with Crippen molar-refractivity contribution >= 4 is 29.3 Å². The fourth-order valence-electron chi connectivity index (χ4n) is 3.17. The first kappa shape index (κ1) is 26.0. The van der Waals surface area contributed by atoms with Crippen LogP contribution in [0.25, 0.3) is 11.4 Å².